The van der Waals surface area contributed by atoms with Crippen LogP contribution in [0.25, 0.3) is 0 Å². The van der Waals surface area contributed by atoms with Gasteiger partial charge in [-0.05, 0) is 91.7 Å². The second-order valence-electron chi connectivity index (χ2n) is 5.54. The van der Waals surface area contributed by atoms with Crippen molar-refractivity contribution in [2.24, 2.45) is 11.7 Å². The average Bonchev–Trinajstić information content (AvgIpc) is 2.49. The van der Waals surface area contributed by atoms with Gasteiger partial charge in [-0.15, -0.1) is 0 Å². The van der Waals surface area contributed by atoms with Crippen LogP contribution < -0.4 is 5.73 Å². The Kier molecular flexibility index (Phi) is 6.00. The lowest BCUT2D eigenvalue weighted by Gasteiger charge is -2.30. The van der Waals surface area contributed by atoms with Crippen LogP contribution >= 0.6 is 22.6 Å². The van der Waals surface area contributed by atoms with Gasteiger partial charge in [-0.3, -0.25) is 4.79 Å². The Morgan fingerprint density at radius 2 is 2.14 bits per heavy atom. The molecular formula is C16H20IN3O. The molecule has 2 rings (SSSR count). The van der Waals surface area contributed by atoms with E-state index in [1.807, 2.05) is 18.2 Å². The maximum absolute atomic E-state index is 11.1. The summed E-state index contributed by atoms with van der Waals surface area (Å²) in [7, 11) is 0. The summed E-state index contributed by atoms with van der Waals surface area (Å²) in [5, 5.41) is 8.95. The van der Waals surface area contributed by atoms with Crippen molar-refractivity contribution in [2.45, 2.75) is 25.7 Å². The molecule has 0 radical (unpaired) electrons. The number of likely N-dealkylation sites (tertiary alicyclic amines) is 1. The van der Waals surface area contributed by atoms with Crippen LogP contribution in [0.3, 0.4) is 0 Å². The van der Waals surface area contributed by atoms with Crippen LogP contribution in [0.2, 0.25) is 0 Å². The lowest BCUT2D eigenvalue weighted by atomic mass is 9.96. The number of aryl methyl sites for hydroxylation is 1. The minimum Gasteiger partial charge on any atom is -0.369 e. The third kappa shape index (κ3) is 4.68. The van der Waals surface area contributed by atoms with Gasteiger partial charge in [0.1, 0.15) is 0 Å². The molecule has 21 heavy (non-hydrogen) atoms. The van der Waals surface area contributed by atoms with Crippen molar-refractivity contribution in [1.29, 1.82) is 5.26 Å². The molecule has 1 aliphatic heterocycles. The van der Waals surface area contributed by atoms with E-state index in [9.17, 15) is 4.79 Å². The molecule has 1 saturated heterocycles. The van der Waals surface area contributed by atoms with Crippen LogP contribution in [0.4, 0.5) is 0 Å². The third-order valence-electron chi connectivity index (χ3n) is 4.09. The summed E-state index contributed by atoms with van der Waals surface area (Å²) < 4.78 is 1.22. The summed E-state index contributed by atoms with van der Waals surface area (Å²) in [4.78, 5) is 13.5. The number of rotatable bonds is 5. The monoisotopic (exact) mass is 397 g/mol. The Hall–Kier alpha value is -1.13. The Morgan fingerprint density at radius 1 is 1.43 bits per heavy atom. The molecule has 1 aliphatic rings. The third-order valence-corrected chi connectivity index (χ3v) is 5.14. The van der Waals surface area contributed by atoms with E-state index in [2.05, 4.69) is 33.6 Å². The number of piperidine rings is 1. The van der Waals surface area contributed by atoms with Crippen LogP contribution in [0, 0.1) is 20.8 Å². The molecule has 0 atom stereocenters. The van der Waals surface area contributed by atoms with Gasteiger partial charge in [0.05, 0.1) is 11.6 Å². The second-order valence-corrected chi connectivity index (χ2v) is 6.70. The predicted octanol–water partition coefficient (Wildman–Crippen LogP) is 2.29. The Labute approximate surface area is 139 Å². The maximum atomic E-state index is 11.1. The molecule has 5 heteroatoms. The molecule has 0 spiro atoms. The molecule has 4 nitrogen and oxygen atoms in total. The Bertz CT molecular complexity index is 545. The fraction of sp³-hybridized carbons (Fsp3) is 0.500. The first-order chi connectivity index (χ1) is 10.1. The molecule has 1 amide bonds. The van der Waals surface area contributed by atoms with E-state index in [4.69, 9.17) is 11.0 Å². The van der Waals surface area contributed by atoms with Crippen LogP contribution in [0.1, 0.15) is 30.4 Å². The number of carbonyl (C=O) groups is 1. The van der Waals surface area contributed by atoms with Crippen LogP contribution in [0.15, 0.2) is 18.2 Å². The predicted molar refractivity (Wildman–Crippen MR) is 90.6 cm³/mol. The maximum Gasteiger partial charge on any atom is 0.220 e. The number of hydrogen-bond donors (Lipinski definition) is 1. The zero-order valence-electron chi connectivity index (χ0n) is 12.0. The van der Waals surface area contributed by atoms with E-state index in [1.54, 1.807) is 0 Å². The number of benzene rings is 1. The van der Waals surface area contributed by atoms with Gasteiger partial charge in [-0.1, -0.05) is 0 Å². The molecule has 0 bridgehead atoms. The van der Waals surface area contributed by atoms with Gasteiger partial charge in [0.2, 0.25) is 5.91 Å². The van der Waals surface area contributed by atoms with Gasteiger partial charge in [0.15, 0.2) is 0 Å². The number of nitriles is 1. The van der Waals surface area contributed by atoms with E-state index in [1.165, 1.54) is 9.13 Å². The Morgan fingerprint density at radius 3 is 2.76 bits per heavy atom. The number of nitrogens with two attached hydrogens (primary N) is 1. The number of amides is 1. The summed E-state index contributed by atoms with van der Waals surface area (Å²) in [6.45, 7) is 2.96. The second kappa shape index (κ2) is 7.76. The van der Waals surface area contributed by atoms with Crippen molar-refractivity contribution in [3.63, 3.8) is 0 Å². The van der Waals surface area contributed by atoms with E-state index in [-0.39, 0.29) is 11.8 Å². The van der Waals surface area contributed by atoms with Gasteiger partial charge >= 0.3 is 0 Å². The topological polar surface area (TPSA) is 70.1 Å². The smallest absolute Gasteiger partial charge is 0.220 e. The van der Waals surface area contributed by atoms with Crippen molar-refractivity contribution in [2.75, 3.05) is 19.6 Å². The molecule has 1 aromatic rings. The van der Waals surface area contributed by atoms with Gasteiger partial charge < -0.3 is 10.6 Å². The van der Waals surface area contributed by atoms with Gasteiger partial charge in [-0.25, -0.2) is 0 Å². The van der Waals surface area contributed by atoms with E-state index >= 15 is 0 Å². The molecule has 112 valence electrons. The molecule has 0 aliphatic carbocycles. The normalized spacial score (nSPS) is 16.6. The molecule has 0 saturated carbocycles. The lowest BCUT2D eigenvalue weighted by Crippen LogP contribution is -2.39. The largest absolute Gasteiger partial charge is 0.369 e. The SMILES string of the molecule is N#Cc1ccc(I)c(CCCN2CCC(C(N)=O)CC2)c1. The van der Waals surface area contributed by atoms with E-state index in [0.29, 0.717) is 0 Å². The minimum atomic E-state index is -0.155. The standard InChI is InChI=1S/C16H20IN3O/c17-15-4-3-12(11-18)10-14(15)2-1-7-20-8-5-13(6-9-20)16(19)21/h3-4,10,13H,1-2,5-9H2,(H2,19,21). The van der Waals surface area contributed by atoms with Gasteiger partial charge in [0.25, 0.3) is 0 Å². The highest BCUT2D eigenvalue weighted by Gasteiger charge is 2.22. The summed E-state index contributed by atoms with van der Waals surface area (Å²) >= 11 is 2.32. The first kappa shape index (κ1) is 16.2. The van der Waals surface area contributed by atoms with Crippen molar-refractivity contribution < 1.29 is 4.79 Å². The summed E-state index contributed by atoms with van der Waals surface area (Å²) in [5.74, 6) is -0.0907. The van der Waals surface area contributed by atoms with E-state index in [0.717, 1.165) is 50.9 Å². The fourth-order valence-corrected chi connectivity index (χ4v) is 3.38. The van der Waals surface area contributed by atoms with Gasteiger partial charge in [-0.2, -0.15) is 5.26 Å². The zero-order chi connectivity index (χ0) is 15.2. The molecule has 1 aromatic carbocycles. The molecule has 2 N–H and O–H groups in total. The highest BCUT2D eigenvalue weighted by molar-refractivity contribution is 14.1. The van der Waals surface area contributed by atoms with Crippen molar-refractivity contribution in [3.05, 3.63) is 32.9 Å². The van der Waals surface area contributed by atoms with Crippen molar-refractivity contribution >= 4 is 28.5 Å². The fourth-order valence-electron chi connectivity index (χ4n) is 2.77. The lowest BCUT2D eigenvalue weighted by molar-refractivity contribution is -0.123. The number of nitrogens with zero attached hydrogens (tertiary/aromatic N) is 2. The summed E-state index contributed by atoms with van der Waals surface area (Å²) in [6.07, 6.45) is 3.84. The number of halogens is 1. The van der Waals surface area contributed by atoms with Crippen LogP contribution in [-0.2, 0) is 11.2 Å². The van der Waals surface area contributed by atoms with Crippen molar-refractivity contribution in [1.82, 2.24) is 4.90 Å². The number of carbonyl (C=O) groups excluding carboxylic acids is 1. The first-order valence-corrected chi connectivity index (χ1v) is 8.38. The molecule has 0 aromatic heterocycles. The molecule has 1 heterocycles. The van der Waals surface area contributed by atoms with Crippen molar-refractivity contribution in [3.8, 4) is 6.07 Å². The quantitative estimate of drug-likeness (QED) is 0.776. The molecular weight excluding hydrogens is 377 g/mol. The zero-order valence-corrected chi connectivity index (χ0v) is 14.2. The van der Waals surface area contributed by atoms with Crippen LogP contribution in [-0.4, -0.2) is 30.4 Å². The molecule has 0 unspecified atom stereocenters. The summed E-state index contributed by atoms with van der Waals surface area (Å²) in [5.41, 5.74) is 7.33. The highest BCUT2D eigenvalue weighted by atomic mass is 127. The van der Waals surface area contributed by atoms with E-state index < -0.39 is 0 Å². The van der Waals surface area contributed by atoms with Gasteiger partial charge in [0, 0.05) is 9.49 Å². The average molecular weight is 397 g/mol. The first-order valence-electron chi connectivity index (χ1n) is 7.30. The highest BCUT2D eigenvalue weighted by Crippen LogP contribution is 2.19. The van der Waals surface area contributed by atoms with Crippen LogP contribution in [0.5, 0.6) is 0 Å². The minimum absolute atomic E-state index is 0.0644. The number of primary amides is 1. The number of hydrogen-bond acceptors (Lipinski definition) is 3. The summed E-state index contributed by atoms with van der Waals surface area (Å²) in [6, 6.07) is 8.05. The Balaban J connectivity index is 1.78. The molecule has 1 fully saturated rings.